The number of nitriles is 1. The molecule has 0 aliphatic rings. The largest absolute Gasteiger partial charge is 0.388 e. The Balaban J connectivity index is 2.04. The number of halogens is 1. The second kappa shape index (κ2) is 5.35. The lowest BCUT2D eigenvalue weighted by atomic mass is 10.1. The minimum Gasteiger partial charge on any atom is -0.388 e. The fourth-order valence-electron chi connectivity index (χ4n) is 2.32. The van der Waals surface area contributed by atoms with E-state index < -0.39 is 0 Å². The van der Waals surface area contributed by atoms with Gasteiger partial charge in [-0.1, -0.05) is 12.1 Å². The van der Waals surface area contributed by atoms with E-state index in [4.69, 9.17) is 5.26 Å². The van der Waals surface area contributed by atoms with Crippen LogP contribution in [0.2, 0.25) is 0 Å². The molecule has 0 saturated heterocycles. The smallest absolute Gasteiger partial charge is 0.136 e. The highest BCUT2D eigenvalue weighted by Gasteiger charge is 2.11. The molecule has 1 aromatic heterocycles. The first-order valence-electron chi connectivity index (χ1n) is 6.46. The van der Waals surface area contributed by atoms with Gasteiger partial charge >= 0.3 is 0 Å². The van der Waals surface area contributed by atoms with Crippen LogP contribution in [0.15, 0.2) is 42.5 Å². The van der Waals surface area contributed by atoms with Crippen molar-refractivity contribution < 1.29 is 9.50 Å². The van der Waals surface area contributed by atoms with Gasteiger partial charge in [-0.3, -0.25) is 0 Å². The van der Waals surface area contributed by atoms with E-state index in [-0.39, 0.29) is 12.4 Å². The fourth-order valence-corrected chi connectivity index (χ4v) is 2.32. The molecule has 0 unspecified atom stereocenters. The molecule has 0 radical (unpaired) electrons. The third kappa shape index (κ3) is 2.49. The van der Waals surface area contributed by atoms with Crippen LogP contribution in [0.5, 0.6) is 0 Å². The molecule has 104 valence electrons. The number of hydrogen-bond acceptors (Lipinski definition) is 3. The summed E-state index contributed by atoms with van der Waals surface area (Å²) in [5.41, 5.74) is 2.86. The Morgan fingerprint density at radius 3 is 2.62 bits per heavy atom. The number of rotatable bonds is 3. The molecule has 0 bridgehead atoms. The van der Waals surface area contributed by atoms with Crippen LogP contribution in [0.4, 0.5) is 4.39 Å². The molecule has 0 saturated carbocycles. The summed E-state index contributed by atoms with van der Waals surface area (Å²) < 4.78 is 15.1. The van der Waals surface area contributed by atoms with E-state index in [0.29, 0.717) is 23.4 Å². The molecule has 0 aliphatic carbocycles. The van der Waals surface area contributed by atoms with Crippen molar-refractivity contribution in [1.29, 1.82) is 5.26 Å². The van der Waals surface area contributed by atoms with Gasteiger partial charge in [0.25, 0.3) is 0 Å². The van der Waals surface area contributed by atoms with Crippen molar-refractivity contribution in [2.24, 2.45) is 0 Å². The van der Waals surface area contributed by atoms with Gasteiger partial charge < -0.3 is 9.67 Å². The Morgan fingerprint density at radius 1 is 1.19 bits per heavy atom. The predicted octanol–water partition coefficient (Wildman–Crippen LogP) is 2.59. The zero-order chi connectivity index (χ0) is 14.8. The van der Waals surface area contributed by atoms with Crippen LogP contribution in [-0.4, -0.2) is 14.7 Å². The Bertz CT molecular complexity index is 831. The highest BCUT2D eigenvalue weighted by molar-refractivity contribution is 5.76. The van der Waals surface area contributed by atoms with Gasteiger partial charge in [0, 0.05) is 12.6 Å². The summed E-state index contributed by atoms with van der Waals surface area (Å²) in [7, 11) is 0. The third-order valence-electron chi connectivity index (χ3n) is 3.35. The maximum atomic E-state index is 13.2. The Hall–Kier alpha value is -2.71. The van der Waals surface area contributed by atoms with Crippen molar-refractivity contribution in [3.8, 4) is 6.07 Å². The van der Waals surface area contributed by atoms with Gasteiger partial charge in [-0.05, 0) is 29.8 Å². The van der Waals surface area contributed by atoms with E-state index in [1.165, 1.54) is 12.1 Å². The second-order valence-corrected chi connectivity index (χ2v) is 4.71. The highest BCUT2D eigenvalue weighted by Crippen LogP contribution is 2.19. The minimum atomic E-state index is -0.352. The topological polar surface area (TPSA) is 61.8 Å². The molecular formula is C16H12FN3O. The first-order valence-corrected chi connectivity index (χ1v) is 6.46. The molecule has 0 fully saturated rings. The molecule has 0 amide bonds. The van der Waals surface area contributed by atoms with E-state index in [2.05, 4.69) is 11.1 Å². The van der Waals surface area contributed by atoms with Gasteiger partial charge in [0.2, 0.25) is 0 Å². The predicted molar refractivity (Wildman–Crippen MR) is 75.9 cm³/mol. The number of aliphatic hydroxyl groups excluding tert-OH is 1. The molecular weight excluding hydrogens is 269 g/mol. The van der Waals surface area contributed by atoms with Gasteiger partial charge in [0.05, 0.1) is 22.7 Å². The molecule has 1 N–H and O–H groups in total. The second-order valence-electron chi connectivity index (χ2n) is 4.71. The van der Waals surface area contributed by atoms with Gasteiger partial charge in [0.15, 0.2) is 0 Å². The first kappa shape index (κ1) is 13.3. The summed E-state index contributed by atoms with van der Waals surface area (Å²) in [6.45, 7) is 0.288. The molecule has 3 aromatic rings. The summed E-state index contributed by atoms with van der Waals surface area (Å²) in [5.74, 6) is 0.134. The summed E-state index contributed by atoms with van der Waals surface area (Å²) in [6, 6.07) is 13.6. The number of nitrogens with zero attached hydrogens (tertiary/aromatic N) is 3. The number of aromatic nitrogens is 2. The maximum absolute atomic E-state index is 13.2. The van der Waals surface area contributed by atoms with E-state index in [0.717, 1.165) is 11.1 Å². The van der Waals surface area contributed by atoms with E-state index in [1.807, 2.05) is 16.7 Å². The molecule has 3 rings (SSSR count). The van der Waals surface area contributed by atoms with Crippen LogP contribution < -0.4 is 0 Å². The molecule has 0 atom stereocenters. The molecule has 21 heavy (non-hydrogen) atoms. The lowest BCUT2D eigenvalue weighted by Crippen LogP contribution is -2.05. The number of benzene rings is 2. The van der Waals surface area contributed by atoms with E-state index in [1.54, 1.807) is 18.2 Å². The fraction of sp³-hybridized carbons (Fsp3) is 0.125. The lowest BCUT2D eigenvalue weighted by Gasteiger charge is -2.08. The molecule has 0 aliphatic heterocycles. The third-order valence-corrected chi connectivity index (χ3v) is 3.35. The van der Waals surface area contributed by atoms with Crippen LogP contribution in [0.1, 0.15) is 17.0 Å². The van der Waals surface area contributed by atoms with Gasteiger partial charge in [-0.2, -0.15) is 5.26 Å². The molecule has 0 spiro atoms. The zero-order valence-corrected chi connectivity index (χ0v) is 11.1. The maximum Gasteiger partial charge on any atom is 0.136 e. The summed E-state index contributed by atoms with van der Waals surface area (Å²) in [6.07, 6.45) is 0. The summed E-state index contributed by atoms with van der Waals surface area (Å²) >= 11 is 0. The van der Waals surface area contributed by atoms with Crippen molar-refractivity contribution in [1.82, 2.24) is 9.55 Å². The standard InChI is InChI=1S/C16H12FN3O/c17-13-5-6-15-14(7-13)19-16(10-21)20(15)9-12-3-1-11(8-18)2-4-12/h1-7,21H,9-10H2. The molecule has 5 heteroatoms. The van der Waals surface area contributed by atoms with Gasteiger partial charge in [-0.15, -0.1) is 0 Å². The monoisotopic (exact) mass is 281 g/mol. The lowest BCUT2D eigenvalue weighted by molar-refractivity contribution is 0.267. The summed E-state index contributed by atoms with van der Waals surface area (Å²) in [4.78, 5) is 4.24. The van der Waals surface area contributed by atoms with Crippen LogP contribution in [0.3, 0.4) is 0 Å². The van der Waals surface area contributed by atoms with Crippen molar-refractivity contribution >= 4 is 11.0 Å². The van der Waals surface area contributed by atoms with Gasteiger partial charge in [0.1, 0.15) is 18.2 Å². The van der Waals surface area contributed by atoms with Crippen molar-refractivity contribution in [2.75, 3.05) is 0 Å². The van der Waals surface area contributed by atoms with E-state index >= 15 is 0 Å². The van der Waals surface area contributed by atoms with Gasteiger partial charge in [-0.25, -0.2) is 9.37 Å². The Kier molecular flexibility index (Phi) is 3.38. The number of aliphatic hydroxyl groups is 1. The molecule has 4 nitrogen and oxygen atoms in total. The van der Waals surface area contributed by atoms with Crippen LogP contribution >= 0.6 is 0 Å². The van der Waals surface area contributed by atoms with Crippen LogP contribution in [-0.2, 0) is 13.2 Å². The molecule has 1 heterocycles. The van der Waals surface area contributed by atoms with Crippen molar-refractivity contribution in [2.45, 2.75) is 13.2 Å². The summed E-state index contributed by atoms with van der Waals surface area (Å²) in [5, 5.41) is 18.2. The number of fused-ring (bicyclic) bond motifs is 1. The van der Waals surface area contributed by atoms with Crippen LogP contribution in [0.25, 0.3) is 11.0 Å². The number of imidazole rings is 1. The van der Waals surface area contributed by atoms with Crippen molar-refractivity contribution in [3.63, 3.8) is 0 Å². The SMILES string of the molecule is N#Cc1ccc(Cn2c(CO)nc3cc(F)ccc32)cc1. The minimum absolute atomic E-state index is 0.216. The van der Waals surface area contributed by atoms with E-state index in [9.17, 15) is 9.50 Å². The van der Waals surface area contributed by atoms with Crippen LogP contribution in [0, 0.1) is 17.1 Å². The highest BCUT2D eigenvalue weighted by atomic mass is 19.1. The Labute approximate surface area is 120 Å². The average molecular weight is 281 g/mol. The quantitative estimate of drug-likeness (QED) is 0.802. The zero-order valence-electron chi connectivity index (χ0n) is 11.1. The van der Waals surface area contributed by atoms with Crippen molar-refractivity contribution in [3.05, 3.63) is 65.2 Å². The Morgan fingerprint density at radius 2 is 1.95 bits per heavy atom. The first-order chi connectivity index (χ1) is 10.2. The molecule has 2 aromatic carbocycles. The average Bonchev–Trinajstić information content (AvgIpc) is 2.85. The number of hydrogen-bond donors (Lipinski definition) is 1. The normalized spacial score (nSPS) is 10.7.